The minimum Gasteiger partial charge on any atom is -0.512 e. The van der Waals surface area contributed by atoms with Crippen LogP contribution in [0.2, 0.25) is 0 Å². The summed E-state index contributed by atoms with van der Waals surface area (Å²) in [6.07, 6.45) is 15.5. The third-order valence-electron chi connectivity index (χ3n) is 9.34. The third kappa shape index (κ3) is 2.73. The van der Waals surface area contributed by atoms with Crippen LogP contribution in [0.15, 0.2) is 46.8 Å². The summed E-state index contributed by atoms with van der Waals surface area (Å²) in [5.41, 5.74) is 4.01. The summed E-state index contributed by atoms with van der Waals surface area (Å²) in [5.74, 6) is 2.81. The third-order valence-corrected chi connectivity index (χ3v) is 9.73. The first-order valence-electron chi connectivity index (χ1n) is 11.5. The minimum atomic E-state index is -0.164. The molecule has 0 saturated heterocycles. The van der Waals surface area contributed by atoms with Gasteiger partial charge in [0.15, 0.2) is 0 Å². The second-order valence-electron chi connectivity index (χ2n) is 10.8. The van der Waals surface area contributed by atoms with Gasteiger partial charge in [0.2, 0.25) is 0 Å². The van der Waals surface area contributed by atoms with Gasteiger partial charge in [-0.1, -0.05) is 62.9 Å². The number of hydrogen-bond acceptors (Lipinski definition) is 3. The molecule has 0 amide bonds. The first kappa shape index (κ1) is 19.8. The van der Waals surface area contributed by atoms with Crippen LogP contribution in [0.25, 0.3) is 0 Å². The number of thiocarbonyl (C=S) groups is 1. The maximum Gasteiger partial charge on any atom is 0.0969 e. The Labute approximate surface area is 180 Å². The molecule has 0 radical (unpaired) electrons. The van der Waals surface area contributed by atoms with Crippen LogP contribution < -0.4 is 0 Å². The van der Waals surface area contributed by atoms with Gasteiger partial charge < -0.3 is 10.2 Å². The second-order valence-corrected chi connectivity index (χ2v) is 11.3. The highest BCUT2D eigenvalue weighted by Gasteiger charge is 2.60. The van der Waals surface area contributed by atoms with Gasteiger partial charge in [0.25, 0.3) is 0 Å². The van der Waals surface area contributed by atoms with E-state index in [4.69, 9.17) is 12.2 Å². The Morgan fingerprint density at radius 1 is 1.07 bits per heavy atom. The maximum atomic E-state index is 11.2. The van der Waals surface area contributed by atoms with E-state index in [2.05, 4.69) is 45.1 Å². The van der Waals surface area contributed by atoms with E-state index in [1.165, 1.54) is 12.0 Å². The molecule has 0 aromatic heterocycles. The van der Waals surface area contributed by atoms with Crippen LogP contribution in [0.4, 0.5) is 0 Å². The minimum absolute atomic E-state index is 0.0104. The van der Waals surface area contributed by atoms with E-state index in [-0.39, 0.29) is 16.9 Å². The molecule has 156 valence electrons. The number of aliphatic hydroxyl groups is 2. The molecule has 2 saturated carbocycles. The van der Waals surface area contributed by atoms with E-state index in [9.17, 15) is 10.2 Å². The van der Waals surface area contributed by atoms with Gasteiger partial charge in [-0.2, -0.15) is 0 Å². The molecule has 0 aromatic rings. The summed E-state index contributed by atoms with van der Waals surface area (Å²) in [6.45, 7) is 7.23. The van der Waals surface area contributed by atoms with Gasteiger partial charge in [0.05, 0.1) is 11.9 Å². The topological polar surface area (TPSA) is 40.5 Å². The van der Waals surface area contributed by atoms with Gasteiger partial charge in [-0.15, -0.1) is 0 Å². The smallest absolute Gasteiger partial charge is 0.0969 e. The normalized spacial score (nSPS) is 46.6. The molecule has 0 heterocycles. The van der Waals surface area contributed by atoms with Crippen molar-refractivity contribution in [3.8, 4) is 0 Å². The molecule has 2 N–H and O–H groups in total. The average Bonchev–Trinajstić information content (AvgIpc) is 2.94. The summed E-state index contributed by atoms with van der Waals surface area (Å²) in [7, 11) is 0. The van der Waals surface area contributed by atoms with Crippen molar-refractivity contribution >= 4 is 17.1 Å². The largest absolute Gasteiger partial charge is 0.512 e. The molecule has 0 aliphatic heterocycles. The van der Waals surface area contributed by atoms with Gasteiger partial charge in [0, 0.05) is 23.3 Å². The number of aliphatic hydroxyl groups excluding tert-OH is 2. The summed E-state index contributed by atoms with van der Waals surface area (Å²) in [5, 5.41) is 21.4. The Morgan fingerprint density at radius 2 is 1.83 bits per heavy atom. The Hall–Kier alpha value is -1.19. The molecular formula is C26H34O2S. The highest BCUT2D eigenvalue weighted by atomic mass is 32.1. The molecule has 0 aromatic carbocycles. The number of allylic oxidation sites excluding steroid dienone is 7. The van der Waals surface area contributed by atoms with Crippen LogP contribution in [0.3, 0.4) is 0 Å². The fourth-order valence-corrected chi connectivity index (χ4v) is 8.15. The molecule has 0 unspecified atom stereocenters. The van der Waals surface area contributed by atoms with Crippen molar-refractivity contribution < 1.29 is 10.2 Å². The molecule has 7 atom stereocenters. The van der Waals surface area contributed by atoms with Gasteiger partial charge in [-0.25, -0.2) is 0 Å². The Kier molecular flexibility index (Phi) is 4.53. The number of hydrogen-bond donors (Lipinski definition) is 2. The molecule has 0 bridgehead atoms. The van der Waals surface area contributed by atoms with Crippen LogP contribution in [0.5, 0.6) is 0 Å². The molecule has 5 aliphatic carbocycles. The predicted octanol–water partition coefficient (Wildman–Crippen LogP) is 6.23. The summed E-state index contributed by atoms with van der Waals surface area (Å²) in [4.78, 5) is 0.977. The zero-order valence-electron chi connectivity index (χ0n) is 17.9. The van der Waals surface area contributed by atoms with E-state index < -0.39 is 0 Å². The van der Waals surface area contributed by atoms with E-state index >= 15 is 0 Å². The Bertz CT molecular complexity index is 877. The highest BCUT2D eigenvalue weighted by molar-refractivity contribution is 7.80. The number of fused-ring (bicyclic) bond motifs is 5. The summed E-state index contributed by atoms with van der Waals surface area (Å²) < 4.78 is 0. The zero-order chi connectivity index (χ0) is 20.6. The lowest BCUT2D eigenvalue weighted by Crippen LogP contribution is -2.52. The zero-order valence-corrected chi connectivity index (χ0v) is 18.8. The number of rotatable bonds is 1. The lowest BCUT2D eigenvalue weighted by molar-refractivity contribution is -0.0480. The van der Waals surface area contributed by atoms with Crippen molar-refractivity contribution in [2.45, 2.75) is 71.8 Å². The lowest BCUT2D eigenvalue weighted by Gasteiger charge is -2.59. The van der Waals surface area contributed by atoms with Gasteiger partial charge in [-0.3, -0.25) is 0 Å². The van der Waals surface area contributed by atoms with E-state index in [0.29, 0.717) is 29.4 Å². The Morgan fingerprint density at radius 3 is 2.59 bits per heavy atom. The standard InChI is InChI=1S/C26H34O2S/c1-15-12-16-13-17(27)8-10-25(16,2)19-9-11-26(3)20(23(15)19)14-21(28)24(26)18-6-4-5-7-22(18)29/h4-6,12,15,17,19-20,23,27-28H,7-11,13-14H2,1-3H3/t15-,17-,19-,20-,23+,25-,26-/m0/s1. The molecule has 0 spiro atoms. The van der Waals surface area contributed by atoms with Crippen LogP contribution in [0.1, 0.15) is 65.7 Å². The fourth-order valence-electron chi connectivity index (χ4n) is 7.88. The highest BCUT2D eigenvalue weighted by Crippen LogP contribution is 2.67. The lowest BCUT2D eigenvalue weighted by atomic mass is 9.45. The molecular weight excluding hydrogens is 376 g/mol. The first-order valence-corrected chi connectivity index (χ1v) is 11.9. The first-order chi connectivity index (χ1) is 13.8. The van der Waals surface area contributed by atoms with Crippen LogP contribution in [-0.4, -0.2) is 21.2 Å². The molecule has 29 heavy (non-hydrogen) atoms. The molecule has 2 fully saturated rings. The summed E-state index contributed by atoms with van der Waals surface area (Å²) in [6, 6.07) is 0. The average molecular weight is 411 g/mol. The molecule has 5 aliphatic rings. The van der Waals surface area contributed by atoms with Crippen molar-refractivity contribution in [2.75, 3.05) is 0 Å². The van der Waals surface area contributed by atoms with Crippen LogP contribution >= 0.6 is 12.2 Å². The van der Waals surface area contributed by atoms with Gasteiger partial charge in [0.1, 0.15) is 0 Å². The molecule has 5 rings (SSSR count). The monoisotopic (exact) mass is 410 g/mol. The maximum absolute atomic E-state index is 11.2. The van der Waals surface area contributed by atoms with Crippen LogP contribution in [0, 0.1) is 34.5 Å². The SMILES string of the molecule is C[C@H]1C=C2C[C@@H](O)CC[C@]2(C)[C@H]2CC[C@]3(C)C(C4=CC=CCC4=S)=C(O)C[C@H]3[C@H]12. The van der Waals surface area contributed by atoms with E-state index in [0.717, 1.165) is 54.5 Å². The van der Waals surface area contributed by atoms with Crippen molar-refractivity contribution in [1.29, 1.82) is 0 Å². The van der Waals surface area contributed by atoms with E-state index in [1.54, 1.807) is 0 Å². The van der Waals surface area contributed by atoms with Crippen molar-refractivity contribution in [1.82, 2.24) is 0 Å². The summed E-state index contributed by atoms with van der Waals surface area (Å²) >= 11 is 5.71. The van der Waals surface area contributed by atoms with Gasteiger partial charge >= 0.3 is 0 Å². The van der Waals surface area contributed by atoms with Crippen molar-refractivity contribution in [3.63, 3.8) is 0 Å². The molecule has 3 heteroatoms. The second kappa shape index (κ2) is 6.65. The fraction of sp³-hybridized carbons (Fsp3) is 0.654. The quantitative estimate of drug-likeness (QED) is 0.397. The predicted molar refractivity (Wildman–Crippen MR) is 122 cm³/mol. The van der Waals surface area contributed by atoms with E-state index in [1.807, 2.05) is 0 Å². The van der Waals surface area contributed by atoms with Crippen molar-refractivity contribution in [2.24, 2.45) is 34.5 Å². The van der Waals surface area contributed by atoms with Crippen molar-refractivity contribution in [3.05, 3.63) is 46.8 Å². The van der Waals surface area contributed by atoms with Gasteiger partial charge in [-0.05, 0) is 72.2 Å². The van der Waals surface area contributed by atoms with Crippen LogP contribution in [-0.2, 0) is 0 Å². The molecule has 2 nitrogen and oxygen atoms in total. The Balaban J connectivity index is 1.54.